The first kappa shape index (κ1) is 27.3. The summed E-state index contributed by atoms with van der Waals surface area (Å²) in [6.45, 7) is 1.33. The third-order valence-corrected chi connectivity index (χ3v) is 4.43. The molecule has 133 valence electrons. The van der Waals surface area contributed by atoms with Gasteiger partial charge in [-0.3, -0.25) is 0 Å². The van der Waals surface area contributed by atoms with Gasteiger partial charge in [-0.15, -0.1) is 0 Å². The second kappa shape index (κ2) is 14.2. The van der Waals surface area contributed by atoms with Crippen molar-refractivity contribution in [2.75, 3.05) is 13.1 Å². The van der Waals surface area contributed by atoms with E-state index in [9.17, 15) is 0 Å². The van der Waals surface area contributed by atoms with E-state index >= 15 is 0 Å². The largest absolute Gasteiger partial charge is 2.00 e. The fourth-order valence-corrected chi connectivity index (χ4v) is 2.64. The van der Waals surface area contributed by atoms with Crippen LogP contribution in [-0.4, -0.2) is 21.7 Å². The first-order valence-corrected chi connectivity index (χ1v) is 8.87. The summed E-state index contributed by atoms with van der Waals surface area (Å²) in [4.78, 5) is 0. The zero-order valence-corrected chi connectivity index (χ0v) is 19.3. The van der Waals surface area contributed by atoms with Crippen LogP contribution in [0.4, 0.5) is 0 Å². The third-order valence-electron chi connectivity index (χ3n) is 2.15. The molecule has 0 saturated carbocycles. The Morgan fingerprint density at radius 1 is 0.800 bits per heavy atom. The van der Waals surface area contributed by atoms with Gasteiger partial charge in [0.2, 0.25) is 0 Å². The Labute approximate surface area is 197 Å². The second-order valence-corrected chi connectivity index (χ2v) is 7.32. The molecule has 0 saturated heterocycles. The van der Waals surface area contributed by atoms with Gasteiger partial charge < -0.3 is 60.3 Å². The Bertz CT molecular complexity index is 676. The molecule has 1 aromatic carbocycles. The molecule has 0 amide bonds. The van der Waals surface area contributed by atoms with Gasteiger partial charge in [-0.2, -0.15) is 10.5 Å². The minimum absolute atomic E-state index is 0. The van der Waals surface area contributed by atoms with Gasteiger partial charge in [0.25, 0.3) is 0 Å². The Morgan fingerprint density at radius 3 is 1.36 bits per heavy atom. The molecule has 0 aromatic heterocycles. The molecule has 0 aliphatic carbocycles. The van der Waals surface area contributed by atoms with E-state index in [1.807, 2.05) is 0 Å². The predicted octanol–water partition coefficient (Wildman–Crippen LogP) is 3.87. The van der Waals surface area contributed by atoms with Crippen molar-refractivity contribution in [3.05, 3.63) is 31.2 Å². The van der Waals surface area contributed by atoms with Gasteiger partial charge >= 0.3 is 17.1 Å². The molecular formula is C12H6Cl4MnN4S4. The van der Waals surface area contributed by atoms with E-state index in [-0.39, 0.29) is 48.3 Å². The summed E-state index contributed by atoms with van der Waals surface area (Å²) in [6.07, 6.45) is 0. The Hall–Kier alpha value is 0.0995. The molecule has 0 atom stereocenters. The normalized spacial score (nSPS) is 8.56. The number of nitrogens with one attached hydrogen (secondary N) is 2. The van der Waals surface area contributed by atoms with Crippen LogP contribution in [0.1, 0.15) is 11.1 Å². The maximum atomic E-state index is 8.70. The van der Waals surface area contributed by atoms with Crippen LogP contribution in [0.3, 0.4) is 0 Å². The van der Waals surface area contributed by atoms with Crippen LogP contribution in [0.2, 0.25) is 20.1 Å². The van der Waals surface area contributed by atoms with E-state index < -0.39 is 0 Å². The van der Waals surface area contributed by atoms with Crippen molar-refractivity contribution in [2.24, 2.45) is 0 Å². The van der Waals surface area contributed by atoms with Crippen molar-refractivity contribution < 1.29 is 17.1 Å². The molecule has 1 aromatic rings. The van der Waals surface area contributed by atoms with Crippen LogP contribution >= 0.6 is 70.8 Å². The van der Waals surface area contributed by atoms with Crippen molar-refractivity contribution in [2.45, 2.75) is 0 Å². The summed E-state index contributed by atoms with van der Waals surface area (Å²) < 4.78 is 0.745. The number of hydrogen-bond acceptors (Lipinski definition) is 6. The molecule has 0 heterocycles. The fourth-order valence-electron chi connectivity index (χ4n) is 1.16. The SMILES string of the molecule is N#Cc1c(Cl)c(Cl)c(Cl)c(C#N)c1Cl.S=C([S-])NCCNC(=S)[S-].[Mn+2]. The average molecular weight is 531 g/mol. The molecule has 25 heavy (non-hydrogen) atoms. The zero-order valence-electron chi connectivity index (χ0n) is 11.8. The summed E-state index contributed by atoms with van der Waals surface area (Å²) in [5, 5.41) is 22.8. The summed E-state index contributed by atoms with van der Waals surface area (Å²) in [7, 11) is 0. The van der Waals surface area contributed by atoms with Gasteiger partial charge in [0.1, 0.15) is 12.1 Å². The Balaban J connectivity index is 0. The molecule has 0 spiro atoms. The molecule has 0 unspecified atom stereocenters. The second-order valence-electron chi connectivity index (χ2n) is 3.66. The minimum Gasteiger partial charge on any atom is -0.412 e. The molecule has 4 nitrogen and oxygen atoms in total. The number of hydrogen-bond donors (Lipinski definition) is 2. The average Bonchev–Trinajstić information content (AvgIpc) is 2.51. The van der Waals surface area contributed by atoms with Crippen molar-refractivity contribution >= 4 is 105 Å². The van der Waals surface area contributed by atoms with Gasteiger partial charge in [-0.25, -0.2) is 0 Å². The van der Waals surface area contributed by atoms with Crippen molar-refractivity contribution in [3.8, 4) is 12.1 Å². The molecular weight excluding hydrogens is 525 g/mol. The van der Waals surface area contributed by atoms with E-state index in [2.05, 4.69) is 60.3 Å². The van der Waals surface area contributed by atoms with E-state index in [0.29, 0.717) is 21.7 Å². The summed E-state index contributed by atoms with van der Waals surface area (Å²) in [6, 6.07) is 3.50. The van der Waals surface area contributed by atoms with Crippen LogP contribution in [0.15, 0.2) is 0 Å². The first-order chi connectivity index (χ1) is 11.2. The Morgan fingerprint density at radius 2 is 1.12 bits per heavy atom. The molecule has 0 aliphatic heterocycles. The number of benzene rings is 1. The first-order valence-electron chi connectivity index (χ1n) is 5.73. The van der Waals surface area contributed by atoms with E-state index in [0.717, 1.165) is 0 Å². The van der Waals surface area contributed by atoms with Crippen LogP contribution in [0, 0.1) is 22.7 Å². The molecule has 0 bridgehead atoms. The quantitative estimate of drug-likeness (QED) is 0.152. The van der Waals surface area contributed by atoms with Gasteiger partial charge in [-0.1, -0.05) is 55.0 Å². The summed E-state index contributed by atoms with van der Waals surface area (Å²) in [5.41, 5.74) is -0.0847. The summed E-state index contributed by atoms with van der Waals surface area (Å²) >= 11 is 41.2. The smallest absolute Gasteiger partial charge is 0.412 e. The van der Waals surface area contributed by atoms with Crippen LogP contribution in [0.25, 0.3) is 0 Å². The van der Waals surface area contributed by atoms with Crippen LogP contribution in [0.5, 0.6) is 0 Å². The number of thiocarbonyl (C=S) groups is 2. The topological polar surface area (TPSA) is 71.6 Å². The van der Waals surface area contributed by atoms with Crippen LogP contribution in [-0.2, 0) is 42.3 Å². The molecule has 0 aliphatic rings. The monoisotopic (exact) mass is 529 g/mol. The fraction of sp³-hybridized carbons (Fsp3) is 0.167. The van der Waals surface area contributed by atoms with E-state index in [1.54, 1.807) is 12.1 Å². The van der Waals surface area contributed by atoms with Crippen molar-refractivity contribution in [1.29, 1.82) is 10.5 Å². The third kappa shape index (κ3) is 9.55. The maximum absolute atomic E-state index is 8.70. The maximum Gasteiger partial charge on any atom is 2.00 e. The molecule has 13 heteroatoms. The van der Waals surface area contributed by atoms with E-state index in [4.69, 9.17) is 56.9 Å². The zero-order chi connectivity index (χ0) is 18.9. The molecule has 1 rings (SSSR count). The minimum atomic E-state index is -0.0746. The van der Waals surface area contributed by atoms with Gasteiger partial charge in [0, 0.05) is 13.1 Å². The molecule has 0 fully saturated rings. The predicted molar refractivity (Wildman–Crippen MR) is 112 cm³/mol. The molecule has 2 N–H and O–H groups in total. The van der Waals surface area contributed by atoms with E-state index in [1.165, 1.54) is 0 Å². The van der Waals surface area contributed by atoms with Crippen molar-refractivity contribution in [3.63, 3.8) is 0 Å². The standard InChI is InChI=1S/C8Cl4N2.C4H8N2S4.Mn/c9-5-3(1-13)6(10)8(12)7(11)4(5)2-14;7-3(8)5-1-2-6-4(9)10;/h;1-2H2,(H2,5,7,8)(H2,6,9,10);/q;;+2/p-2. The number of halogens is 4. The van der Waals surface area contributed by atoms with Crippen molar-refractivity contribution in [1.82, 2.24) is 10.6 Å². The summed E-state index contributed by atoms with van der Waals surface area (Å²) in [5.74, 6) is 0. The molecule has 1 radical (unpaired) electrons. The Kier molecular flexibility index (Phi) is 15.5. The number of rotatable bonds is 3. The van der Waals surface area contributed by atoms with Crippen LogP contribution < -0.4 is 10.6 Å². The van der Waals surface area contributed by atoms with Gasteiger partial charge in [0.05, 0.1) is 31.2 Å². The number of nitriles is 2. The number of nitrogens with zero attached hydrogens (tertiary/aromatic N) is 2. The van der Waals surface area contributed by atoms with Gasteiger partial charge in [-0.05, 0) is 0 Å². The van der Waals surface area contributed by atoms with Gasteiger partial charge in [0.15, 0.2) is 0 Å².